The molecule has 0 bridgehead atoms. The Morgan fingerprint density at radius 2 is 1.67 bits per heavy atom. The van der Waals surface area contributed by atoms with Crippen molar-refractivity contribution in [3.63, 3.8) is 0 Å². The summed E-state index contributed by atoms with van der Waals surface area (Å²) in [5.41, 5.74) is 0.979. The van der Waals surface area contributed by atoms with Crippen LogP contribution in [0.3, 0.4) is 0 Å². The molecule has 138 valence electrons. The maximum absolute atomic E-state index is 12.5. The number of hydrogen-bond acceptors (Lipinski definition) is 5. The fourth-order valence-corrected chi connectivity index (χ4v) is 3.21. The summed E-state index contributed by atoms with van der Waals surface area (Å²) in [6, 6.07) is 13.1. The highest BCUT2D eigenvalue weighted by molar-refractivity contribution is 6.30. The molecule has 0 radical (unpaired) electrons. The molecule has 1 aliphatic heterocycles. The van der Waals surface area contributed by atoms with Crippen LogP contribution in [-0.2, 0) is 11.2 Å². The van der Waals surface area contributed by atoms with E-state index >= 15 is 0 Å². The van der Waals surface area contributed by atoms with Gasteiger partial charge in [-0.2, -0.15) is 5.10 Å². The molecule has 2 aromatic heterocycles. The Kier molecular flexibility index (Phi) is 5.02. The first-order valence-electron chi connectivity index (χ1n) is 8.80. The van der Waals surface area contributed by atoms with Crippen LogP contribution in [0.1, 0.15) is 5.56 Å². The van der Waals surface area contributed by atoms with E-state index in [0.29, 0.717) is 30.4 Å². The second-order valence-electron chi connectivity index (χ2n) is 6.37. The highest BCUT2D eigenvalue weighted by atomic mass is 35.5. The maximum Gasteiger partial charge on any atom is 0.227 e. The van der Waals surface area contributed by atoms with Gasteiger partial charge in [0.15, 0.2) is 11.6 Å². The van der Waals surface area contributed by atoms with Gasteiger partial charge < -0.3 is 9.80 Å². The normalized spacial score (nSPS) is 14.4. The summed E-state index contributed by atoms with van der Waals surface area (Å²) in [5.74, 6) is 1.63. The van der Waals surface area contributed by atoms with Gasteiger partial charge in [0.2, 0.25) is 5.91 Å². The molecule has 27 heavy (non-hydrogen) atoms. The first-order chi connectivity index (χ1) is 13.2. The highest BCUT2D eigenvalue weighted by Crippen LogP contribution is 2.15. The van der Waals surface area contributed by atoms with Crippen molar-refractivity contribution in [1.82, 2.24) is 24.9 Å². The lowest BCUT2D eigenvalue weighted by molar-refractivity contribution is -0.130. The van der Waals surface area contributed by atoms with Crippen molar-refractivity contribution in [2.24, 2.45) is 0 Å². The SMILES string of the molecule is O=C(Cc1ccc(Cl)cc1)N1CCN(c2ccc(-n3cccn3)nn2)CC1. The van der Waals surface area contributed by atoms with Crippen LogP contribution < -0.4 is 4.90 Å². The summed E-state index contributed by atoms with van der Waals surface area (Å²) in [7, 11) is 0. The number of hydrogen-bond donors (Lipinski definition) is 0. The van der Waals surface area contributed by atoms with Gasteiger partial charge in [0.1, 0.15) is 0 Å². The van der Waals surface area contributed by atoms with Crippen molar-refractivity contribution in [1.29, 1.82) is 0 Å². The summed E-state index contributed by atoms with van der Waals surface area (Å²) in [5, 5.41) is 13.4. The summed E-state index contributed by atoms with van der Waals surface area (Å²) in [4.78, 5) is 16.6. The molecule has 1 aliphatic rings. The van der Waals surface area contributed by atoms with Crippen LogP contribution in [0.2, 0.25) is 5.02 Å². The van der Waals surface area contributed by atoms with Crippen LogP contribution in [0.15, 0.2) is 54.9 Å². The number of benzene rings is 1. The van der Waals surface area contributed by atoms with E-state index in [2.05, 4.69) is 20.2 Å². The zero-order valence-corrected chi connectivity index (χ0v) is 15.5. The average molecular weight is 383 g/mol. The lowest BCUT2D eigenvalue weighted by Gasteiger charge is -2.35. The lowest BCUT2D eigenvalue weighted by Crippen LogP contribution is -2.49. The van der Waals surface area contributed by atoms with E-state index < -0.39 is 0 Å². The fourth-order valence-electron chi connectivity index (χ4n) is 3.09. The largest absolute Gasteiger partial charge is 0.352 e. The van der Waals surface area contributed by atoms with Crippen molar-refractivity contribution in [3.05, 3.63) is 65.4 Å². The number of piperazine rings is 1. The maximum atomic E-state index is 12.5. The van der Waals surface area contributed by atoms with E-state index in [0.717, 1.165) is 24.5 Å². The molecule has 1 amide bonds. The number of carbonyl (C=O) groups excluding carboxylic acids is 1. The molecule has 0 N–H and O–H groups in total. The monoisotopic (exact) mass is 382 g/mol. The molecule has 0 unspecified atom stereocenters. The second kappa shape index (κ2) is 7.75. The minimum absolute atomic E-state index is 0.136. The molecule has 1 aromatic carbocycles. The minimum atomic E-state index is 0.136. The van der Waals surface area contributed by atoms with Crippen molar-refractivity contribution >= 4 is 23.3 Å². The quantitative estimate of drug-likeness (QED) is 0.692. The van der Waals surface area contributed by atoms with Crippen LogP contribution >= 0.6 is 11.6 Å². The van der Waals surface area contributed by atoms with Gasteiger partial charge in [-0.3, -0.25) is 4.79 Å². The molecular formula is C19H19ClN6O. The Bertz CT molecular complexity index is 887. The summed E-state index contributed by atoms with van der Waals surface area (Å²) < 4.78 is 1.67. The highest BCUT2D eigenvalue weighted by Gasteiger charge is 2.22. The van der Waals surface area contributed by atoms with E-state index in [4.69, 9.17) is 11.6 Å². The van der Waals surface area contributed by atoms with Gasteiger partial charge in [-0.1, -0.05) is 23.7 Å². The van der Waals surface area contributed by atoms with Crippen molar-refractivity contribution in [2.45, 2.75) is 6.42 Å². The number of anilines is 1. The molecule has 0 saturated carbocycles. The van der Waals surface area contributed by atoms with Crippen LogP contribution in [0, 0.1) is 0 Å². The first kappa shape index (κ1) is 17.5. The fraction of sp³-hybridized carbons (Fsp3) is 0.263. The third-order valence-electron chi connectivity index (χ3n) is 4.60. The number of halogens is 1. The second-order valence-corrected chi connectivity index (χ2v) is 6.81. The van der Waals surface area contributed by atoms with Crippen LogP contribution in [-0.4, -0.2) is 57.0 Å². The van der Waals surface area contributed by atoms with Crippen molar-refractivity contribution in [3.8, 4) is 5.82 Å². The standard InChI is InChI=1S/C19H19ClN6O/c20-16-4-2-15(3-5-16)14-19(27)25-12-10-24(11-13-25)17-6-7-18(23-22-17)26-9-1-8-21-26/h1-9H,10-14H2. The zero-order chi connectivity index (χ0) is 18.6. The lowest BCUT2D eigenvalue weighted by atomic mass is 10.1. The Labute approximate surface area is 162 Å². The molecule has 4 rings (SSSR count). The minimum Gasteiger partial charge on any atom is -0.352 e. The third kappa shape index (κ3) is 4.09. The Morgan fingerprint density at radius 1 is 0.963 bits per heavy atom. The Balaban J connectivity index is 1.33. The number of nitrogens with zero attached hydrogens (tertiary/aromatic N) is 6. The number of rotatable bonds is 4. The van der Waals surface area contributed by atoms with Crippen LogP contribution in [0.4, 0.5) is 5.82 Å². The first-order valence-corrected chi connectivity index (χ1v) is 9.18. The van der Waals surface area contributed by atoms with Gasteiger partial charge >= 0.3 is 0 Å². The smallest absolute Gasteiger partial charge is 0.227 e. The molecule has 0 aliphatic carbocycles. The van der Waals surface area contributed by atoms with Crippen molar-refractivity contribution < 1.29 is 4.79 Å². The van der Waals surface area contributed by atoms with Gasteiger partial charge in [-0.15, -0.1) is 10.2 Å². The van der Waals surface area contributed by atoms with E-state index in [1.165, 1.54) is 0 Å². The number of carbonyl (C=O) groups is 1. The van der Waals surface area contributed by atoms with Crippen LogP contribution in [0.5, 0.6) is 0 Å². The zero-order valence-electron chi connectivity index (χ0n) is 14.7. The molecule has 0 atom stereocenters. The average Bonchev–Trinajstić information content (AvgIpc) is 3.25. The Morgan fingerprint density at radius 3 is 2.30 bits per heavy atom. The number of amides is 1. The van der Waals surface area contributed by atoms with Gasteiger partial charge in [-0.25, -0.2) is 4.68 Å². The molecule has 1 saturated heterocycles. The molecule has 8 heteroatoms. The van der Waals surface area contributed by atoms with Gasteiger partial charge in [0.05, 0.1) is 6.42 Å². The van der Waals surface area contributed by atoms with Gasteiger partial charge in [0, 0.05) is 43.6 Å². The predicted molar refractivity (Wildman–Crippen MR) is 103 cm³/mol. The van der Waals surface area contributed by atoms with Crippen molar-refractivity contribution in [2.75, 3.05) is 31.1 Å². The Hall–Kier alpha value is -2.93. The van der Waals surface area contributed by atoms with E-state index in [9.17, 15) is 4.79 Å². The van der Waals surface area contributed by atoms with Gasteiger partial charge in [0.25, 0.3) is 0 Å². The molecule has 1 fully saturated rings. The molecule has 3 heterocycles. The van der Waals surface area contributed by atoms with E-state index in [1.807, 2.05) is 53.6 Å². The van der Waals surface area contributed by atoms with Gasteiger partial charge in [-0.05, 0) is 35.9 Å². The third-order valence-corrected chi connectivity index (χ3v) is 4.85. The van der Waals surface area contributed by atoms with E-state index in [1.54, 1.807) is 10.9 Å². The summed E-state index contributed by atoms with van der Waals surface area (Å²) in [6.07, 6.45) is 3.93. The topological polar surface area (TPSA) is 67.2 Å². The molecular weight excluding hydrogens is 364 g/mol. The number of aromatic nitrogens is 4. The predicted octanol–water partition coefficient (Wildman–Crippen LogP) is 2.21. The van der Waals surface area contributed by atoms with Crippen LogP contribution in [0.25, 0.3) is 5.82 Å². The summed E-state index contributed by atoms with van der Waals surface area (Å²) in [6.45, 7) is 2.83. The molecule has 3 aromatic rings. The van der Waals surface area contributed by atoms with E-state index in [-0.39, 0.29) is 5.91 Å². The molecule has 0 spiro atoms. The summed E-state index contributed by atoms with van der Waals surface area (Å²) >= 11 is 5.89. The molecule has 7 nitrogen and oxygen atoms in total.